The zero-order valence-corrected chi connectivity index (χ0v) is 10.1. The van der Waals surface area contributed by atoms with Crippen LogP contribution >= 0.6 is 11.6 Å². The van der Waals surface area contributed by atoms with Crippen LogP contribution in [0.1, 0.15) is 12.0 Å². The Morgan fingerprint density at radius 3 is 2.81 bits per heavy atom. The second kappa shape index (κ2) is 9.40. The maximum absolute atomic E-state index is 5.36. The first kappa shape index (κ1) is 13.2. The Bertz CT molecular complexity index is 287. The summed E-state index contributed by atoms with van der Waals surface area (Å²) in [4.78, 5) is 0. The van der Waals surface area contributed by atoms with Gasteiger partial charge in [0, 0.05) is 18.7 Å². The number of ether oxygens (including phenoxy) is 1. The van der Waals surface area contributed by atoms with Crippen molar-refractivity contribution in [3.8, 4) is 0 Å². The lowest BCUT2D eigenvalue weighted by molar-refractivity contribution is 0.159. The van der Waals surface area contributed by atoms with Crippen LogP contribution in [0.4, 0.5) is 0 Å². The average molecular weight is 240 g/mol. The maximum Gasteiger partial charge on any atom is 0.0658 e. The lowest BCUT2D eigenvalue weighted by Gasteiger charge is -2.04. The van der Waals surface area contributed by atoms with E-state index in [1.54, 1.807) is 6.08 Å². The van der Waals surface area contributed by atoms with Crippen LogP contribution < -0.4 is 5.32 Å². The Morgan fingerprint density at radius 2 is 2.06 bits per heavy atom. The molecule has 2 nitrogen and oxygen atoms in total. The van der Waals surface area contributed by atoms with Crippen molar-refractivity contribution in [1.82, 2.24) is 5.32 Å². The topological polar surface area (TPSA) is 21.3 Å². The first-order valence-electron chi connectivity index (χ1n) is 5.51. The molecule has 88 valence electrons. The lowest BCUT2D eigenvalue weighted by Crippen LogP contribution is -2.16. The summed E-state index contributed by atoms with van der Waals surface area (Å²) in [6.07, 6.45) is 2.81. The van der Waals surface area contributed by atoms with Gasteiger partial charge in [0.2, 0.25) is 0 Å². The molecule has 0 aromatic heterocycles. The van der Waals surface area contributed by atoms with E-state index in [2.05, 4.69) is 29.6 Å². The molecule has 0 fully saturated rings. The zero-order valence-electron chi connectivity index (χ0n) is 9.36. The molecule has 0 radical (unpaired) electrons. The van der Waals surface area contributed by atoms with E-state index < -0.39 is 0 Å². The summed E-state index contributed by atoms with van der Waals surface area (Å²) in [5, 5.41) is 3.37. The molecule has 0 spiro atoms. The number of halogens is 1. The second-order valence-electron chi connectivity index (χ2n) is 3.45. The Morgan fingerprint density at radius 1 is 1.25 bits per heavy atom. The summed E-state index contributed by atoms with van der Waals surface area (Å²) in [5.74, 6) is 0. The molecule has 1 aromatic carbocycles. The van der Waals surface area contributed by atoms with Crippen LogP contribution in [0.25, 0.3) is 0 Å². The molecule has 0 aliphatic rings. The number of hydrogen-bond donors (Lipinski definition) is 1. The summed E-state index contributed by atoms with van der Waals surface area (Å²) in [6, 6.07) is 10.4. The fourth-order valence-electron chi connectivity index (χ4n) is 1.32. The number of rotatable bonds is 8. The number of benzene rings is 1. The quantitative estimate of drug-likeness (QED) is 0.705. The molecule has 0 heterocycles. The maximum atomic E-state index is 5.36. The second-order valence-corrected chi connectivity index (χ2v) is 3.70. The summed E-state index contributed by atoms with van der Waals surface area (Å²) < 4.78 is 5.32. The van der Waals surface area contributed by atoms with Crippen molar-refractivity contribution < 1.29 is 4.74 Å². The van der Waals surface area contributed by atoms with Crippen molar-refractivity contribution in [3.05, 3.63) is 47.5 Å². The highest BCUT2D eigenvalue weighted by atomic mass is 35.5. The van der Waals surface area contributed by atoms with Crippen LogP contribution in [0.15, 0.2) is 41.9 Å². The third-order valence-electron chi connectivity index (χ3n) is 2.12. The Kier molecular flexibility index (Phi) is 7.78. The van der Waals surface area contributed by atoms with Crippen LogP contribution in [0.5, 0.6) is 0 Å². The highest BCUT2D eigenvalue weighted by Gasteiger charge is 1.91. The highest BCUT2D eigenvalue weighted by Crippen LogP contribution is 1.96. The number of nitrogens with one attached hydrogen (secondary N) is 1. The molecule has 0 saturated heterocycles. The normalized spacial score (nSPS) is 11.1. The molecule has 0 amide bonds. The largest absolute Gasteiger partial charge is 0.377 e. The monoisotopic (exact) mass is 239 g/mol. The predicted molar refractivity (Wildman–Crippen MR) is 68.6 cm³/mol. The van der Waals surface area contributed by atoms with E-state index >= 15 is 0 Å². The third-order valence-corrected chi connectivity index (χ3v) is 2.30. The van der Waals surface area contributed by atoms with Gasteiger partial charge in [-0.25, -0.2) is 0 Å². The first-order chi connectivity index (χ1) is 7.93. The van der Waals surface area contributed by atoms with Crippen molar-refractivity contribution in [2.45, 2.75) is 13.0 Å². The van der Waals surface area contributed by atoms with E-state index in [0.29, 0.717) is 6.61 Å². The summed E-state index contributed by atoms with van der Waals surface area (Å²) in [5.41, 5.74) is 2.79. The van der Waals surface area contributed by atoms with Gasteiger partial charge in [-0.2, -0.15) is 0 Å². The third kappa shape index (κ3) is 6.62. The summed E-state index contributed by atoms with van der Waals surface area (Å²) in [6.45, 7) is 3.26. The molecule has 0 saturated carbocycles. The molecule has 3 heteroatoms. The predicted octanol–water partition coefficient (Wildman–Crippen LogP) is 2.94. The highest BCUT2D eigenvalue weighted by molar-refractivity contribution is 6.25. The van der Waals surface area contributed by atoms with E-state index in [1.807, 2.05) is 6.07 Å². The molecule has 0 atom stereocenters. The van der Waals surface area contributed by atoms with Gasteiger partial charge in [0.15, 0.2) is 0 Å². The Hall–Kier alpha value is -0.830. The van der Waals surface area contributed by atoms with E-state index in [4.69, 9.17) is 16.3 Å². The van der Waals surface area contributed by atoms with Crippen molar-refractivity contribution in [2.75, 3.05) is 19.8 Å². The fourth-order valence-corrected chi connectivity index (χ4v) is 1.39. The molecule has 0 unspecified atom stereocenters. The molecular formula is C13H18ClNO. The molecule has 0 aliphatic heterocycles. The Labute approximate surface area is 102 Å². The van der Waals surface area contributed by atoms with Gasteiger partial charge in [-0.1, -0.05) is 41.9 Å². The minimum atomic E-state index is 0.599. The van der Waals surface area contributed by atoms with Gasteiger partial charge < -0.3 is 10.1 Å². The van der Waals surface area contributed by atoms with Crippen LogP contribution in [0.3, 0.4) is 0 Å². The molecule has 16 heavy (non-hydrogen) atoms. The van der Waals surface area contributed by atoms with E-state index in [0.717, 1.165) is 26.1 Å². The lowest BCUT2D eigenvalue weighted by atomic mass is 10.2. The molecule has 0 aliphatic carbocycles. The minimum Gasteiger partial charge on any atom is -0.377 e. The van der Waals surface area contributed by atoms with Gasteiger partial charge in [0.1, 0.15) is 0 Å². The van der Waals surface area contributed by atoms with Crippen molar-refractivity contribution in [1.29, 1.82) is 0 Å². The van der Waals surface area contributed by atoms with Crippen molar-refractivity contribution in [2.24, 2.45) is 0 Å². The average Bonchev–Trinajstić information content (AvgIpc) is 2.34. The molecule has 1 rings (SSSR count). The van der Waals surface area contributed by atoms with Gasteiger partial charge in [-0.3, -0.25) is 0 Å². The van der Waals surface area contributed by atoms with Crippen LogP contribution in [-0.4, -0.2) is 19.8 Å². The van der Waals surface area contributed by atoms with Crippen LogP contribution in [0.2, 0.25) is 0 Å². The molecule has 1 aromatic rings. The van der Waals surface area contributed by atoms with Gasteiger partial charge in [-0.15, -0.1) is 0 Å². The molecule has 0 bridgehead atoms. The Balaban J connectivity index is 1.92. The molecular weight excluding hydrogens is 222 g/mol. The number of hydrogen-bond acceptors (Lipinski definition) is 2. The first-order valence-corrected chi connectivity index (χ1v) is 5.94. The van der Waals surface area contributed by atoms with Gasteiger partial charge in [0.05, 0.1) is 6.61 Å². The van der Waals surface area contributed by atoms with Gasteiger partial charge in [0.25, 0.3) is 0 Å². The summed E-state index contributed by atoms with van der Waals surface area (Å²) in [7, 11) is 0. The van der Waals surface area contributed by atoms with Gasteiger partial charge >= 0.3 is 0 Å². The van der Waals surface area contributed by atoms with Crippen LogP contribution in [0, 0.1) is 0 Å². The SMILES string of the molecule is Cl/C=C/COCCCNCc1ccccc1. The van der Waals surface area contributed by atoms with Crippen LogP contribution in [-0.2, 0) is 11.3 Å². The van der Waals surface area contributed by atoms with E-state index in [1.165, 1.54) is 11.1 Å². The zero-order chi connectivity index (χ0) is 11.5. The summed E-state index contributed by atoms with van der Waals surface area (Å²) >= 11 is 5.36. The van der Waals surface area contributed by atoms with E-state index in [-0.39, 0.29) is 0 Å². The minimum absolute atomic E-state index is 0.599. The standard InChI is InChI=1S/C13H18ClNO/c14-8-4-10-16-11-5-9-15-12-13-6-2-1-3-7-13/h1-4,6-8,15H,5,9-12H2/b8-4+. The fraction of sp³-hybridized carbons (Fsp3) is 0.385. The van der Waals surface area contributed by atoms with Gasteiger partial charge in [-0.05, 0) is 24.6 Å². The smallest absolute Gasteiger partial charge is 0.0658 e. The van der Waals surface area contributed by atoms with E-state index in [9.17, 15) is 0 Å². The van der Waals surface area contributed by atoms with Crippen molar-refractivity contribution >= 4 is 11.6 Å². The molecule has 1 N–H and O–H groups in total. The van der Waals surface area contributed by atoms with Crippen molar-refractivity contribution in [3.63, 3.8) is 0 Å².